The van der Waals surface area contributed by atoms with Gasteiger partial charge in [-0.2, -0.15) is 18.4 Å². The molecule has 194 valence electrons. The first-order chi connectivity index (χ1) is 17.7. The van der Waals surface area contributed by atoms with Crippen molar-refractivity contribution in [1.29, 1.82) is 5.26 Å². The Hall–Kier alpha value is -4.31. The molecule has 2 aromatic carbocycles. The lowest BCUT2D eigenvalue weighted by molar-refractivity contribution is -0.138. The number of carbonyl (C=O) groups excluding carboxylic acids is 1. The maximum atomic E-state index is 12.7. The van der Waals surface area contributed by atoms with Gasteiger partial charge in [0, 0.05) is 0 Å². The Morgan fingerprint density at radius 1 is 1.05 bits per heavy atom. The number of nitrogens with zero attached hydrogens (tertiary/aromatic N) is 3. The van der Waals surface area contributed by atoms with E-state index in [1.807, 2.05) is 0 Å². The molecular weight excluding hydrogens is 513 g/mol. The van der Waals surface area contributed by atoms with E-state index in [2.05, 4.69) is 15.5 Å². The van der Waals surface area contributed by atoms with Crippen LogP contribution < -0.4 is 24.3 Å². The zero-order chi connectivity index (χ0) is 26.8. The fourth-order valence-electron chi connectivity index (χ4n) is 2.85. The molecule has 0 aliphatic carbocycles. The van der Waals surface area contributed by atoms with Crippen LogP contribution in [0, 0.1) is 11.3 Å². The predicted molar refractivity (Wildman–Crippen MR) is 129 cm³/mol. The van der Waals surface area contributed by atoms with Crippen LogP contribution in [0.2, 0.25) is 0 Å². The number of benzene rings is 2. The van der Waals surface area contributed by atoms with Crippen molar-refractivity contribution in [3.05, 3.63) is 58.6 Å². The van der Waals surface area contributed by atoms with Crippen LogP contribution in [-0.4, -0.2) is 43.0 Å². The number of rotatable bonds is 11. The summed E-state index contributed by atoms with van der Waals surface area (Å²) in [5.41, 5.74) is 0.0815. The van der Waals surface area contributed by atoms with E-state index >= 15 is 0 Å². The van der Waals surface area contributed by atoms with Crippen molar-refractivity contribution in [2.45, 2.75) is 13.1 Å². The smallest absolute Gasteiger partial charge is 0.445 e. The van der Waals surface area contributed by atoms with Crippen LogP contribution >= 0.6 is 11.3 Å². The summed E-state index contributed by atoms with van der Waals surface area (Å²) in [6, 6.07) is 13.6. The highest BCUT2D eigenvalue weighted by molar-refractivity contribution is 7.15. The molecule has 1 aromatic heterocycles. The maximum absolute atomic E-state index is 12.7. The zero-order valence-electron chi connectivity index (χ0n) is 19.7. The van der Waals surface area contributed by atoms with Crippen molar-refractivity contribution >= 4 is 28.5 Å². The quantitative estimate of drug-likeness (QED) is 0.208. The molecule has 0 fully saturated rings. The van der Waals surface area contributed by atoms with E-state index in [1.54, 1.807) is 62.6 Å². The minimum Gasteiger partial charge on any atom is -0.497 e. The monoisotopic (exact) mass is 534 g/mol. The molecule has 1 N–H and O–H groups in total. The van der Waals surface area contributed by atoms with E-state index < -0.39 is 17.1 Å². The lowest BCUT2D eigenvalue weighted by Crippen LogP contribution is -2.13. The molecule has 9 nitrogen and oxygen atoms in total. The average Bonchev–Trinajstić information content (AvgIpc) is 3.36. The Kier molecular flexibility index (Phi) is 9.28. The van der Waals surface area contributed by atoms with Gasteiger partial charge in [0.25, 0.3) is 5.91 Å². The first-order valence-corrected chi connectivity index (χ1v) is 11.6. The molecule has 0 unspecified atom stereocenters. The number of anilines is 1. The van der Waals surface area contributed by atoms with Gasteiger partial charge >= 0.3 is 6.18 Å². The highest BCUT2D eigenvalue weighted by Crippen LogP contribution is 2.33. The molecule has 0 aliphatic rings. The summed E-state index contributed by atoms with van der Waals surface area (Å²) in [5, 5.41) is 16.2. The predicted octanol–water partition coefficient (Wildman–Crippen LogP) is 4.97. The molecule has 0 saturated carbocycles. The van der Waals surface area contributed by atoms with E-state index in [0.29, 0.717) is 35.2 Å². The molecule has 13 heteroatoms. The largest absolute Gasteiger partial charge is 0.497 e. The number of carbonyl (C=O) groups is 1. The molecular formula is C24H21F3N4O5S. The highest BCUT2D eigenvalue weighted by atomic mass is 32.1. The summed E-state index contributed by atoms with van der Waals surface area (Å²) in [5.74, 6) is 1.24. The van der Waals surface area contributed by atoms with E-state index in [0.717, 1.165) is 0 Å². The minimum absolute atomic E-state index is 0.155. The number of alkyl halides is 3. The standard InChI is InChI=1S/C24H21F3N4O5S/c1-3-34-20-13-15(4-9-19(20)36-11-10-35-18-7-5-17(33-2)6-8-18)12-16(14-28)21(32)29-23-31-30-22(37-23)24(25,26)27/h4-9,12-13H,3,10-11H2,1-2H3,(H,29,31,32). The van der Waals surface area contributed by atoms with Crippen molar-refractivity contribution < 1.29 is 36.9 Å². The number of halogens is 3. The maximum Gasteiger partial charge on any atom is 0.445 e. The van der Waals surface area contributed by atoms with Crippen molar-refractivity contribution in [2.24, 2.45) is 0 Å². The van der Waals surface area contributed by atoms with Crippen LogP contribution in [0.3, 0.4) is 0 Å². The Morgan fingerprint density at radius 3 is 2.38 bits per heavy atom. The van der Waals surface area contributed by atoms with E-state index in [1.165, 1.54) is 6.08 Å². The molecule has 1 heterocycles. The molecule has 1 amide bonds. The second-order valence-electron chi connectivity index (χ2n) is 7.05. The summed E-state index contributed by atoms with van der Waals surface area (Å²) < 4.78 is 60.1. The normalized spacial score (nSPS) is 11.4. The molecule has 0 saturated heterocycles. The number of ether oxygens (including phenoxy) is 4. The number of aromatic nitrogens is 2. The van der Waals surface area contributed by atoms with Gasteiger partial charge in [-0.15, -0.1) is 10.2 Å². The third-order valence-corrected chi connectivity index (χ3v) is 5.38. The van der Waals surface area contributed by atoms with Crippen molar-refractivity contribution in [1.82, 2.24) is 10.2 Å². The van der Waals surface area contributed by atoms with Gasteiger partial charge in [0.15, 0.2) is 11.5 Å². The molecule has 37 heavy (non-hydrogen) atoms. The fraction of sp³-hybridized carbons (Fsp3) is 0.250. The van der Waals surface area contributed by atoms with E-state index in [-0.39, 0.29) is 35.3 Å². The van der Waals surface area contributed by atoms with Crippen molar-refractivity contribution in [3.63, 3.8) is 0 Å². The summed E-state index contributed by atoms with van der Waals surface area (Å²) in [6.07, 6.45) is -3.42. The third kappa shape index (κ3) is 7.84. The Labute approximate surface area is 214 Å². The summed E-state index contributed by atoms with van der Waals surface area (Å²) in [6.45, 7) is 2.59. The van der Waals surface area contributed by atoms with Gasteiger partial charge in [-0.25, -0.2) is 0 Å². The number of hydrogen-bond acceptors (Lipinski definition) is 9. The Morgan fingerprint density at radius 2 is 1.76 bits per heavy atom. The molecule has 3 aromatic rings. The molecule has 0 aliphatic heterocycles. The third-order valence-electron chi connectivity index (χ3n) is 4.50. The Balaban J connectivity index is 1.64. The van der Waals surface area contributed by atoms with Crippen LogP contribution in [0.1, 0.15) is 17.5 Å². The summed E-state index contributed by atoms with van der Waals surface area (Å²) >= 11 is 0.155. The lowest BCUT2D eigenvalue weighted by Gasteiger charge is -2.13. The molecule has 0 atom stereocenters. The van der Waals surface area contributed by atoms with Gasteiger partial charge in [-0.1, -0.05) is 17.4 Å². The summed E-state index contributed by atoms with van der Waals surface area (Å²) in [4.78, 5) is 12.4. The van der Waals surface area contributed by atoms with Gasteiger partial charge < -0.3 is 18.9 Å². The Bertz CT molecular complexity index is 1290. The molecule has 0 bridgehead atoms. The number of amides is 1. The minimum atomic E-state index is -4.68. The number of methoxy groups -OCH3 is 1. The molecule has 3 rings (SSSR count). The SMILES string of the molecule is CCOc1cc(C=C(C#N)C(=O)Nc2nnc(C(F)(F)F)s2)ccc1OCCOc1ccc(OC)cc1. The van der Waals surface area contributed by atoms with E-state index in [4.69, 9.17) is 18.9 Å². The van der Waals surface area contributed by atoms with Gasteiger partial charge in [-0.05, 0) is 55.0 Å². The molecule has 0 radical (unpaired) electrons. The topological polar surface area (TPSA) is 116 Å². The average molecular weight is 535 g/mol. The van der Waals surface area contributed by atoms with Crippen LogP contribution in [0.25, 0.3) is 6.08 Å². The van der Waals surface area contributed by atoms with Gasteiger partial charge in [0.05, 0.1) is 13.7 Å². The van der Waals surface area contributed by atoms with Gasteiger partial charge in [-0.3, -0.25) is 10.1 Å². The highest BCUT2D eigenvalue weighted by Gasteiger charge is 2.35. The number of nitriles is 1. The van der Waals surface area contributed by atoms with E-state index in [9.17, 15) is 23.2 Å². The second-order valence-corrected chi connectivity index (χ2v) is 8.02. The first-order valence-electron chi connectivity index (χ1n) is 10.7. The van der Waals surface area contributed by atoms with Crippen LogP contribution in [0.5, 0.6) is 23.0 Å². The fourth-order valence-corrected chi connectivity index (χ4v) is 3.46. The number of hydrogen-bond donors (Lipinski definition) is 1. The lowest BCUT2D eigenvalue weighted by atomic mass is 10.1. The van der Waals surface area contributed by atoms with Gasteiger partial charge in [0.1, 0.15) is 36.4 Å². The van der Waals surface area contributed by atoms with Crippen molar-refractivity contribution in [2.75, 3.05) is 32.2 Å². The van der Waals surface area contributed by atoms with Crippen LogP contribution in [0.4, 0.5) is 18.3 Å². The van der Waals surface area contributed by atoms with Crippen LogP contribution in [-0.2, 0) is 11.0 Å². The summed E-state index contributed by atoms with van der Waals surface area (Å²) in [7, 11) is 1.58. The van der Waals surface area contributed by atoms with Gasteiger partial charge in [0.2, 0.25) is 10.1 Å². The molecule has 0 spiro atoms. The first kappa shape index (κ1) is 27.3. The van der Waals surface area contributed by atoms with Crippen molar-refractivity contribution in [3.8, 4) is 29.1 Å². The van der Waals surface area contributed by atoms with Crippen LogP contribution in [0.15, 0.2) is 48.0 Å². The number of nitrogens with one attached hydrogen (secondary N) is 1. The zero-order valence-corrected chi connectivity index (χ0v) is 20.5. The second kappa shape index (κ2) is 12.6.